The third-order valence-electron chi connectivity index (χ3n) is 6.71. The number of hydrazone groups is 1. The predicted octanol–water partition coefficient (Wildman–Crippen LogP) is 5.39. The van der Waals surface area contributed by atoms with E-state index in [-0.39, 0.29) is 16.2 Å². The molecule has 198 valence electrons. The molecular weight excluding hydrogens is 484 g/mol. The van der Waals surface area contributed by atoms with E-state index in [2.05, 4.69) is 50.8 Å². The lowest BCUT2D eigenvalue weighted by molar-refractivity contribution is -0.109. The maximum atomic E-state index is 11.7. The number of thioether (sulfide) groups is 1. The minimum absolute atomic E-state index is 0.117. The number of likely N-dealkylation sites (N-methyl/N-ethyl adjacent to an activating group) is 1. The van der Waals surface area contributed by atoms with E-state index in [9.17, 15) is 4.79 Å². The Morgan fingerprint density at radius 2 is 2.00 bits per heavy atom. The fourth-order valence-corrected chi connectivity index (χ4v) is 6.20. The molecular formula is C29H38N4O3S. The molecule has 2 aliphatic rings. The van der Waals surface area contributed by atoms with Gasteiger partial charge in [0.25, 0.3) is 0 Å². The largest absolute Gasteiger partial charge is 0.497 e. The molecule has 0 fully saturated rings. The van der Waals surface area contributed by atoms with Gasteiger partial charge in [0.05, 0.1) is 30.2 Å². The van der Waals surface area contributed by atoms with Crippen LogP contribution in [0.2, 0.25) is 0 Å². The summed E-state index contributed by atoms with van der Waals surface area (Å²) >= 11 is 1.65. The average Bonchev–Trinajstić information content (AvgIpc) is 2.90. The third kappa shape index (κ3) is 5.49. The van der Waals surface area contributed by atoms with Crippen molar-refractivity contribution in [2.75, 3.05) is 32.2 Å². The fourth-order valence-electron chi connectivity index (χ4n) is 4.96. The first-order valence-electron chi connectivity index (χ1n) is 12.9. The first-order valence-corrected chi connectivity index (χ1v) is 13.8. The lowest BCUT2D eigenvalue weighted by Gasteiger charge is -2.39. The Bertz CT molecular complexity index is 1210. The van der Waals surface area contributed by atoms with Gasteiger partial charge in [-0.1, -0.05) is 6.07 Å². The van der Waals surface area contributed by atoms with Gasteiger partial charge in [0.1, 0.15) is 22.7 Å². The van der Waals surface area contributed by atoms with E-state index in [4.69, 9.17) is 19.6 Å². The molecule has 0 amide bonds. The van der Waals surface area contributed by atoms with E-state index in [1.165, 1.54) is 5.56 Å². The van der Waals surface area contributed by atoms with Crippen molar-refractivity contribution < 1.29 is 14.3 Å². The quantitative estimate of drug-likeness (QED) is 0.276. The number of carbonyl (C=O) groups is 1. The number of aldehydes is 1. The number of ether oxygens (including phenoxy) is 2. The summed E-state index contributed by atoms with van der Waals surface area (Å²) in [5.74, 6) is 2.39. The molecule has 4 rings (SSSR count). The molecule has 0 saturated heterocycles. The van der Waals surface area contributed by atoms with Crippen molar-refractivity contribution in [3.05, 3.63) is 53.1 Å². The maximum absolute atomic E-state index is 11.7. The first kappa shape index (κ1) is 27.0. The number of hydrogen-bond acceptors (Lipinski definition) is 7. The van der Waals surface area contributed by atoms with Crippen LogP contribution in [-0.2, 0) is 11.2 Å². The van der Waals surface area contributed by atoms with Crippen LogP contribution in [-0.4, -0.2) is 66.3 Å². The summed E-state index contributed by atoms with van der Waals surface area (Å²) in [5, 5.41) is 6.56. The van der Waals surface area contributed by atoms with Crippen LogP contribution in [0, 0.1) is 0 Å². The summed E-state index contributed by atoms with van der Waals surface area (Å²) in [6.45, 7) is 12.1. The normalized spacial score (nSPS) is 19.4. The van der Waals surface area contributed by atoms with Gasteiger partial charge in [0.2, 0.25) is 0 Å². The Hall–Kier alpha value is -3.00. The van der Waals surface area contributed by atoms with E-state index in [0.29, 0.717) is 6.54 Å². The van der Waals surface area contributed by atoms with Gasteiger partial charge in [-0.15, -0.1) is 11.8 Å². The van der Waals surface area contributed by atoms with Crippen LogP contribution in [0.25, 0.3) is 0 Å². The number of carbonyl (C=O) groups excluding carboxylic acids is 1. The van der Waals surface area contributed by atoms with Gasteiger partial charge in [0.15, 0.2) is 6.29 Å². The molecule has 0 saturated carbocycles. The summed E-state index contributed by atoms with van der Waals surface area (Å²) in [6, 6.07) is 12.6. The highest BCUT2D eigenvalue weighted by atomic mass is 32.2. The summed E-state index contributed by atoms with van der Waals surface area (Å²) in [4.78, 5) is 19.0. The van der Waals surface area contributed by atoms with E-state index in [1.807, 2.05) is 30.1 Å². The molecule has 1 atom stereocenters. The molecule has 2 aliphatic heterocycles. The molecule has 0 radical (unpaired) electrons. The number of anilines is 1. The number of benzene rings is 2. The SMILES string of the molecule is CCN1N=C(c2ccc3c(c2)CCCN3C(=NC(C)C)c2ccc(OC)cc2OC)C(C)(C)SC1C=O. The first-order chi connectivity index (χ1) is 17.7. The molecule has 0 aliphatic carbocycles. The smallest absolute Gasteiger partial charge is 0.154 e. The van der Waals surface area contributed by atoms with Gasteiger partial charge in [-0.2, -0.15) is 5.10 Å². The minimum atomic E-state index is -0.277. The number of methoxy groups -OCH3 is 2. The monoisotopic (exact) mass is 522 g/mol. The number of aryl methyl sites for hydroxylation is 1. The Balaban J connectivity index is 1.78. The van der Waals surface area contributed by atoms with Gasteiger partial charge in [-0.25, -0.2) is 0 Å². The second-order valence-electron chi connectivity index (χ2n) is 10.1. The van der Waals surface area contributed by atoms with Crippen molar-refractivity contribution in [2.24, 2.45) is 10.1 Å². The number of rotatable bonds is 7. The maximum Gasteiger partial charge on any atom is 0.154 e. The highest BCUT2D eigenvalue weighted by Crippen LogP contribution is 2.40. The Morgan fingerprint density at radius 1 is 1.22 bits per heavy atom. The summed E-state index contributed by atoms with van der Waals surface area (Å²) in [5.41, 5.74) is 5.49. The molecule has 0 N–H and O–H groups in total. The fraction of sp³-hybridized carbons (Fsp3) is 0.483. The van der Waals surface area contributed by atoms with Crippen molar-refractivity contribution in [1.29, 1.82) is 0 Å². The molecule has 37 heavy (non-hydrogen) atoms. The lowest BCUT2D eigenvalue weighted by Crippen LogP contribution is -2.44. The van der Waals surface area contributed by atoms with Crippen LogP contribution in [0.3, 0.4) is 0 Å². The predicted molar refractivity (Wildman–Crippen MR) is 154 cm³/mol. The van der Waals surface area contributed by atoms with E-state index < -0.39 is 0 Å². The molecule has 1 unspecified atom stereocenters. The second-order valence-corrected chi connectivity index (χ2v) is 11.8. The van der Waals surface area contributed by atoms with Crippen molar-refractivity contribution in [1.82, 2.24) is 5.01 Å². The zero-order chi connectivity index (χ0) is 26.7. The lowest BCUT2D eigenvalue weighted by atomic mass is 9.93. The molecule has 0 bridgehead atoms. The summed E-state index contributed by atoms with van der Waals surface area (Å²) in [6.07, 6.45) is 3.00. The molecule has 2 heterocycles. The summed E-state index contributed by atoms with van der Waals surface area (Å²) in [7, 11) is 3.34. The third-order valence-corrected chi connectivity index (χ3v) is 8.08. The Labute approximate surface area is 224 Å². The van der Waals surface area contributed by atoms with Crippen LogP contribution in [0.4, 0.5) is 5.69 Å². The highest BCUT2D eigenvalue weighted by Gasteiger charge is 2.38. The number of fused-ring (bicyclic) bond motifs is 1. The van der Waals surface area contributed by atoms with Crippen LogP contribution in [0.1, 0.15) is 57.7 Å². The van der Waals surface area contributed by atoms with Gasteiger partial charge in [0, 0.05) is 30.9 Å². The molecule has 8 heteroatoms. The van der Waals surface area contributed by atoms with Gasteiger partial charge in [-0.05, 0) is 82.9 Å². The van der Waals surface area contributed by atoms with Crippen LogP contribution in [0.5, 0.6) is 11.5 Å². The molecule has 7 nitrogen and oxygen atoms in total. The topological polar surface area (TPSA) is 66.7 Å². The van der Waals surface area contributed by atoms with Crippen LogP contribution in [0.15, 0.2) is 46.5 Å². The number of nitrogens with zero attached hydrogens (tertiary/aromatic N) is 4. The van der Waals surface area contributed by atoms with Crippen LogP contribution >= 0.6 is 11.8 Å². The van der Waals surface area contributed by atoms with E-state index in [0.717, 1.165) is 65.5 Å². The second kappa shape index (κ2) is 11.2. The number of aliphatic imine (C=N–C) groups is 1. The zero-order valence-electron chi connectivity index (χ0n) is 22.9. The van der Waals surface area contributed by atoms with Gasteiger partial charge in [-0.3, -0.25) is 10.0 Å². The molecule has 0 aromatic heterocycles. The summed E-state index contributed by atoms with van der Waals surface area (Å²) < 4.78 is 10.9. The van der Waals surface area contributed by atoms with E-state index in [1.54, 1.807) is 26.0 Å². The molecule has 0 spiro atoms. The van der Waals surface area contributed by atoms with Crippen molar-refractivity contribution in [2.45, 2.75) is 63.6 Å². The van der Waals surface area contributed by atoms with Gasteiger partial charge >= 0.3 is 0 Å². The minimum Gasteiger partial charge on any atom is -0.497 e. The Kier molecular flexibility index (Phi) is 8.17. The van der Waals surface area contributed by atoms with Gasteiger partial charge < -0.3 is 19.2 Å². The van der Waals surface area contributed by atoms with E-state index >= 15 is 0 Å². The average molecular weight is 523 g/mol. The number of amidine groups is 1. The standard InChI is InChI=1S/C29H38N4O3S/c1-8-33-26(18-34)37-29(4,5)27(31-33)21-11-14-24-20(16-21)10-9-15-32(24)28(30-19(2)3)23-13-12-22(35-6)17-25(23)36-7/h11-14,16-19,26H,8-10,15H2,1-7H3. The Morgan fingerprint density at radius 3 is 2.65 bits per heavy atom. The van der Waals surface area contributed by atoms with Crippen molar-refractivity contribution in [3.63, 3.8) is 0 Å². The zero-order valence-corrected chi connectivity index (χ0v) is 23.8. The van der Waals surface area contributed by atoms with Crippen molar-refractivity contribution >= 4 is 35.3 Å². The number of hydrogen-bond donors (Lipinski definition) is 0. The molecule has 2 aromatic rings. The van der Waals surface area contributed by atoms with Crippen LogP contribution < -0.4 is 14.4 Å². The highest BCUT2D eigenvalue weighted by molar-refractivity contribution is 8.02. The van der Waals surface area contributed by atoms with Crippen molar-refractivity contribution in [3.8, 4) is 11.5 Å². The molecule has 2 aromatic carbocycles.